The number of hydrogen-bond acceptors (Lipinski definition) is 3. The highest BCUT2D eigenvalue weighted by molar-refractivity contribution is 5.99. The maximum absolute atomic E-state index is 12.9. The number of benzene rings is 1. The van der Waals surface area contributed by atoms with Gasteiger partial charge in [0.05, 0.1) is 18.6 Å². The average molecular weight is 330 g/mol. The molecule has 128 valence electrons. The van der Waals surface area contributed by atoms with Crippen LogP contribution in [0.3, 0.4) is 0 Å². The van der Waals surface area contributed by atoms with Gasteiger partial charge in [0.2, 0.25) is 0 Å². The second-order valence-corrected chi connectivity index (χ2v) is 6.35. The number of aliphatic carboxylic acids is 1. The Morgan fingerprint density at radius 1 is 1.38 bits per heavy atom. The highest BCUT2D eigenvalue weighted by atomic mass is 16.5. The molecule has 3 rings (SSSR count). The lowest BCUT2D eigenvalue weighted by Gasteiger charge is -2.27. The van der Waals surface area contributed by atoms with Crippen molar-refractivity contribution in [2.45, 2.75) is 38.3 Å². The lowest BCUT2D eigenvalue weighted by molar-refractivity contribution is -0.138. The van der Waals surface area contributed by atoms with Crippen LogP contribution in [0, 0.1) is 0 Å². The number of carbonyl (C=O) groups is 2. The number of fused-ring (bicyclic) bond motifs is 1. The Kier molecular flexibility index (Phi) is 4.57. The molecule has 1 aromatic heterocycles. The van der Waals surface area contributed by atoms with E-state index < -0.39 is 11.5 Å². The van der Waals surface area contributed by atoms with Gasteiger partial charge in [0.15, 0.2) is 0 Å². The van der Waals surface area contributed by atoms with E-state index in [4.69, 9.17) is 9.84 Å². The van der Waals surface area contributed by atoms with Crippen LogP contribution < -0.4 is 5.32 Å². The number of aromatic nitrogens is 1. The molecule has 0 saturated carbocycles. The first-order valence-corrected chi connectivity index (χ1v) is 8.25. The largest absolute Gasteiger partial charge is 0.481 e. The van der Waals surface area contributed by atoms with E-state index in [0.29, 0.717) is 18.7 Å². The number of ether oxygens (including phenoxy) is 1. The lowest BCUT2D eigenvalue weighted by atomic mass is 9.94. The molecule has 24 heavy (non-hydrogen) atoms. The van der Waals surface area contributed by atoms with Gasteiger partial charge in [-0.15, -0.1) is 0 Å². The van der Waals surface area contributed by atoms with Gasteiger partial charge < -0.3 is 19.7 Å². The normalized spacial score (nSPS) is 20.4. The van der Waals surface area contributed by atoms with Crippen molar-refractivity contribution in [3.63, 3.8) is 0 Å². The number of aryl methyl sites for hydroxylation is 1. The number of nitrogens with zero attached hydrogens (tertiary/aromatic N) is 1. The van der Waals surface area contributed by atoms with Crippen LogP contribution in [-0.2, 0) is 16.1 Å². The van der Waals surface area contributed by atoms with Crippen LogP contribution in [0.25, 0.3) is 10.9 Å². The summed E-state index contributed by atoms with van der Waals surface area (Å²) in [6.45, 7) is 3.50. The topological polar surface area (TPSA) is 80.6 Å². The van der Waals surface area contributed by atoms with E-state index in [1.54, 1.807) is 0 Å². The predicted octanol–water partition coefficient (Wildman–Crippen LogP) is 2.41. The average Bonchev–Trinajstić information content (AvgIpc) is 3.12. The summed E-state index contributed by atoms with van der Waals surface area (Å²) in [7, 11) is 0. The molecule has 0 radical (unpaired) electrons. The van der Waals surface area contributed by atoms with E-state index in [0.717, 1.165) is 23.9 Å². The molecular formula is C18H22N2O4. The van der Waals surface area contributed by atoms with Crippen molar-refractivity contribution >= 4 is 22.8 Å². The summed E-state index contributed by atoms with van der Waals surface area (Å²) in [5.74, 6) is -1.18. The summed E-state index contributed by atoms with van der Waals surface area (Å²) >= 11 is 0. The maximum Gasteiger partial charge on any atom is 0.305 e. The zero-order valence-electron chi connectivity index (χ0n) is 13.7. The first kappa shape index (κ1) is 16.5. The van der Waals surface area contributed by atoms with Crippen LogP contribution in [0.2, 0.25) is 0 Å². The minimum absolute atomic E-state index is 0.132. The minimum Gasteiger partial charge on any atom is -0.481 e. The fourth-order valence-electron chi connectivity index (χ4n) is 3.35. The molecular weight excluding hydrogens is 308 g/mol. The molecule has 1 unspecified atom stereocenters. The first-order valence-electron chi connectivity index (χ1n) is 8.25. The smallest absolute Gasteiger partial charge is 0.305 e. The van der Waals surface area contributed by atoms with Crippen LogP contribution in [-0.4, -0.2) is 40.3 Å². The fourth-order valence-corrected chi connectivity index (χ4v) is 3.35. The second kappa shape index (κ2) is 6.65. The predicted molar refractivity (Wildman–Crippen MR) is 90.1 cm³/mol. The van der Waals surface area contributed by atoms with E-state index in [1.165, 1.54) is 0 Å². The van der Waals surface area contributed by atoms with Crippen molar-refractivity contribution in [3.8, 4) is 0 Å². The number of amides is 1. The Balaban J connectivity index is 1.93. The highest BCUT2D eigenvalue weighted by Crippen LogP contribution is 2.25. The lowest BCUT2D eigenvalue weighted by Crippen LogP contribution is -2.50. The van der Waals surface area contributed by atoms with Gasteiger partial charge in [-0.25, -0.2) is 0 Å². The van der Waals surface area contributed by atoms with Crippen molar-refractivity contribution in [2.24, 2.45) is 0 Å². The van der Waals surface area contributed by atoms with Crippen LogP contribution in [0.5, 0.6) is 0 Å². The van der Waals surface area contributed by atoms with Crippen LogP contribution in [0.15, 0.2) is 30.3 Å². The van der Waals surface area contributed by atoms with Gasteiger partial charge in [-0.1, -0.05) is 25.1 Å². The molecule has 6 nitrogen and oxygen atoms in total. The minimum atomic E-state index is -0.935. The molecule has 2 aromatic rings. The quantitative estimate of drug-likeness (QED) is 0.852. The number of carboxylic acid groups (broad SMARTS) is 1. The van der Waals surface area contributed by atoms with Crippen LogP contribution in [0.1, 0.15) is 36.7 Å². The molecule has 1 fully saturated rings. The maximum atomic E-state index is 12.9. The van der Waals surface area contributed by atoms with Crippen LogP contribution >= 0.6 is 0 Å². The van der Waals surface area contributed by atoms with Gasteiger partial charge in [-0.3, -0.25) is 9.59 Å². The zero-order valence-corrected chi connectivity index (χ0v) is 13.7. The molecule has 1 aromatic carbocycles. The third kappa shape index (κ3) is 3.14. The standard InChI is InChI=1S/C18H22N2O4/c1-2-8-20-14-6-4-3-5-13(14)10-15(20)17(23)19-18(11-16(21)22)7-9-24-12-18/h3-6,10H,2,7-9,11-12H2,1H3,(H,19,23)(H,21,22). The van der Waals surface area contributed by atoms with Gasteiger partial charge in [0, 0.05) is 24.1 Å². The van der Waals surface area contributed by atoms with Gasteiger partial charge in [-0.05, 0) is 25.0 Å². The van der Waals surface area contributed by atoms with E-state index in [2.05, 4.69) is 12.2 Å². The second-order valence-electron chi connectivity index (χ2n) is 6.35. The van der Waals surface area contributed by atoms with Gasteiger partial charge in [0.1, 0.15) is 5.69 Å². The molecule has 6 heteroatoms. The fraction of sp³-hybridized carbons (Fsp3) is 0.444. The van der Waals surface area contributed by atoms with Crippen molar-refractivity contribution in [1.82, 2.24) is 9.88 Å². The van der Waals surface area contributed by atoms with Crippen LogP contribution in [0.4, 0.5) is 0 Å². The first-order chi connectivity index (χ1) is 11.5. The Bertz CT molecular complexity index is 759. The third-order valence-electron chi connectivity index (χ3n) is 4.46. The summed E-state index contributed by atoms with van der Waals surface area (Å²) in [5.41, 5.74) is 0.755. The van der Waals surface area contributed by atoms with E-state index in [1.807, 2.05) is 34.9 Å². The number of para-hydroxylation sites is 1. The number of carboxylic acids is 1. The SMILES string of the molecule is CCCn1c(C(=O)NC2(CC(=O)O)CCOC2)cc2ccccc21. The molecule has 1 aliphatic rings. The van der Waals surface area contributed by atoms with E-state index >= 15 is 0 Å². The highest BCUT2D eigenvalue weighted by Gasteiger charge is 2.39. The third-order valence-corrected chi connectivity index (χ3v) is 4.46. The Morgan fingerprint density at radius 3 is 2.83 bits per heavy atom. The summed E-state index contributed by atoms with van der Waals surface area (Å²) < 4.78 is 7.34. The summed E-state index contributed by atoms with van der Waals surface area (Å²) in [6.07, 6.45) is 1.29. The Morgan fingerprint density at radius 2 is 2.17 bits per heavy atom. The zero-order chi connectivity index (χ0) is 17.2. The molecule has 1 amide bonds. The van der Waals surface area contributed by atoms with Gasteiger partial charge in [-0.2, -0.15) is 0 Å². The monoisotopic (exact) mass is 330 g/mol. The summed E-state index contributed by atoms with van der Waals surface area (Å²) in [6, 6.07) is 9.73. The van der Waals surface area contributed by atoms with E-state index in [-0.39, 0.29) is 18.9 Å². The van der Waals surface area contributed by atoms with Gasteiger partial charge in [0.25, 0.3) is 5.91 Å². The van der Waals surface area contributed by atoms with E-state index in [9.17, 15) is 9.59 Å². The van der Waals surface area contributed by atoms with Crippen molar-refractivity contribution < 1.29 is 19.4 Å². The summed E-state index contributed by atoms with van der Waals surface area (Å²) in [5, 5.41) is 13.1. The molecule has 2 N–H and O–H groups in total. The van der Waals surface area contributed by atoms with Crippen molar-refractivity contribution in [3.05, 3.63) is 36.0 Å². The number of rotatable bonds is 6. The summed E-state index contributed by atoms with van der Waals surface area (Å²) in [4.78, 5) is 24.0. The van der Waals surface area contributed by atoms with Gasteiger partial charge >= 0.3 is 5.97 Å². The van der Waals surface area contributed by atoms with Crippen molar-refractivity contribution in [1.29, 1.82) is 0 Å². The number of nitrogens with one attached hydrogen (secondary N) is 1. The Labute approximate surface area is 140 Å². The Hall–Kier alpha value is -2.34. The molecule has 0 aliphatic carbocycles. The number of carbonyl (C=O) groups excluding carboxylic acids is 1. The number of hydrogen-bond donors (Lipinski definition) is 2. The van der Waals surface area contributed by atoms with Crippen molar-refractivity contribution in [2.75, 3.05) is 13.2 Å². The molecule has 1 atom stereocenters. The molecule has 2 heterocycles. The molecule has 1 saturated heterocycles. The molecule has 1 aliphatic heterocycles. The molecule has 0 spiro atoms. The molecule has 0 bridgehead atoms.